The van der Waals surface area contributed by atoms with Crippen LogP contribution in [-0.2, 0) is 16.0 Å². The van der Waals surface area contributed by atoms with E-state index in [-0.39, 0.29) is 17.5 Å². The van der Waals surface area contributed by atoms with E-state index in [1.54, 1.807) is 12.1 Å². The highest BCUT2D eigenvalue weighted by Crippen LogP contribution is 2.43. The molecule has 5 heteroatoms. The number of fused-ring (bicyclic) bond motifs is 5. The molecule has 2 atom stereocenters. The quantitative estimate of drug-likeness (QED) is 0.553. The molecule has 2 unspecified atom stereocenters. The lowest BCUT2D eigenvalue weighted by Gasteiger charge is -2.25. The van der Waals surface area contributed by atoms with Crippen LogP contribution in [0, 0.1) is 11.8 Å². The lowest BCUT2D eigenvalue weighted by atomic mass is 9.77. The van der Waals surface area contributed by atoms with E-state index in [0.29, 0.717) is 28.8 Å². The van der Waals surface area contributed by atoms with Crippen LogP contribution < -0.4 is 0 Å². The van der Waals surface area contributed by atoms with Crippen molar-refractivity contribution in [2.45, 2.75) is 13.3 Å². The third kappa shape index (κ3) is 1.70. The number of nitrogens with one attached hydrogen (secondary N) is 1. The molecule has 116 valence electrons. The predicted molar refractivity (Wildman–Crippen MR) is 82.4 cm³/mol. The molecule has 1 aromatic heterocycles. The Balaban J connectivity index is 1.92. The largest absolute Gasteiger partial charge is 0.468 e. The van der Waals surface area contributed by atoms with Crippen molar-refractivity contribution in [3.8, 4) is 11.3 Å². The number of H-pyrrole nitrogens is 1. The zero-order valence-corrected chi connectivity index (χ0v) is 12.8. The molecule has 0 fully saturated rings. The standard InChI is InChI=1S/C18H15NO4/c1-8-7-11-13(17(21)12(8)18(22)23-2)14-15(19-11)9-5-3-4-6-10(9)16(14)20/h3-6,8,12,19H,7H2,1-2H3. The molecule has 0 spiro atoms. The van der Waals surface area contributed by atoms with Crippen LogP contribution in [0.1, 0.15) is 38.9 Å². The Labute approximate surface area is 132 Å². The minimum absolute atomic E-state index is 0.153. The van der Waals surface area contributed by atoms with Gasteiger partial charge < -0.3 is 9.72 Å². The Morgan fingerprint density at radius 1 is 1.17 bits per heavy atom. The van der Waals surface area contributed by atoms with Crippen molar-refractivity contribution in [2.75, 3.05) is 7.11 Å². The van der Waals surface area contributed by atoms with Crippen molar-refractivity contribution in [3.63, 3.8) is 0 Å². The van der Waals surface area contributed by atoms with Crippen molar-refractivity contribution in [1.82, 2.24) is 4.98 Å². The topological polar surface area (TPSA) is 76.2 Å². The van der Waals surface area contributed by atoms with Gasteiger partial charge in [0.05, 0.1) is 23.9 Å². The van der Waals surface area contributed by atoms with Gasteiger partial charge in [-0.15, -0.1) is 0 Å². The SMILES string of the molecule is COC(=O)C1C(=O)c2c([nH]c3c2C(=O)c2ccccc2-3)CC1C. The number of ketones is 2. The number of aromatic nitrogens is 1. The van der Waals surface area contributed by atoms with Crippen molar-refractivity contribution in [1.29, 1.82) is 0 Å². The van der Waals surface area contributed by atoms with Gasteiger partial charge in [0, 0.05) is 16.8 Å². The van der Waals surface area contributed by atoms with Crippen molar-refractivity contribution >= 4 is 17.5 Å². The molecule has 0 saturated carbocycles. The van der Waals surface area contributed by atoms with Crippen LogP contribution in [0.4, 0.5) is 0 Å². The van der Waals surface area contributed by atoms with E-state index in [4.69, 9.17) is 4.74 Å². The number of rotatable bonds is 1. The summed E-state index contributed by atoms with van der Waals surface area (Å²) in [5.41, 5.74) is 3.63. The summed E-state index contributed by atoms with van der Waals surface area (Å²) in [6.45, 7) is 1.85. The first-order valence-electron chi connectivity index (χ1n) is 7.55. The maximum atomic E-state index is 12.9. The van der Waals surface area contributed by atoms with Gasteiger partial charge in [-0.2, -0.15) is 0 Å². The number of ether oxygens (including phenoxy) is 1. The van der Waals surface area contributed by atoms with Crippen LogP contribution >= 0.6 is 0 Å². The van der Waals surface area contributed by atoms with Gasteiger partial charge in [-0.25, -0.2) is 0 Å². The zero-order chi connectivity index (χ0) is 16.3. The number of methoxy groups -OCH3 is 1. The second-order valence-corrected chi connectivity index (χ2v) is 6.15. The maximum Gasteiger partial charge on any atom is 0.316 e. The highest BCUT2D eigenvalue weighted by Gasteiger charge is 2.45. The molecular weight excluding hydrogens is 294 g/mol. The summed E-state index contributed by atoms with van der Waals surface area (Å²) in [4.78, 5) is 40.8. The fourth-order valence-electron chi connectivity index (χ4n) is 3.76. The monoisotopic (exact) mass is 309 g/mol. The summed E-state index contributed by atoms with van der Waals surface area (Å²) in [5.74, 6) is -2.01. The average molecular weight is 309 g/mol. The van der Waals surface area contributed by atoms with Gasteiger partial charge >= 0.3 is 5.97 Å². The van der Waals surface area contributed by atoms with Gasteiger partial charge in [0.1, 0.15) is 5.92 Å². The van der Waals surface area contributed by atoms with E-state index in [2.05, 4.69) is 4.98 Å². The molecule has 5 nitrogen and oxygen atoms in total. The number of Topliss-reactive ketones (excluding diaryl/α,β-unsaturated/α-hetero) is 1. The molecule has 0 amide bonds. The van der Waals surface area contributed by atoms with Crippen molar-refractivity contribution in [3.05, 3.63) is 46.6 Å². The summed E-state index contributed by atoms with van der Waals surface area (Å²) in [6, 6.07) is 7.29. The van der Waals surface area contributed by atoms with Gasteiger partial charge in [-0.3, -0.25) is 14.4 Å². The minimum Gasteiger partial charge on any atom is -0.468 e. The number of hydrogen-bond donors (Lipinski definition) is 1. The molecule has 2 aromatic rings. The minimum atomic E-state index is -0.844. The Kier molecular flexibility index (Phi) is 2.82. The van der Waals surface area contributed by atoms with Crippen LogP contribution in [0.25, 0.3) is 11.3 Å². The molecule has 23 heavy (non-hydrogen) atoms. The number of benzene rings is 1. The third-order valence-corrected chi connectivity index (χ3v) is 4.82. The lowest BCUT2D eigenvalue weighted by Crippen LogP contribution is -2.37. The van der Waals surface area contributed by atoms with Crippen LogP contribution in [0.2, 0.25) is 0 Å². The predicted octanol–water partition coefficient (Wildman–Crippen LogP) is 2.39. The Morgan fingerprint density at radius 2 is 1.87 bits per heavy atom. The second kappa shape index (κ2) is 4.65. The van der Waals surface area contributed by atoms with Crippen LogP contribution in [0.15, 0.2) is 24.3 Å². The summed E-state index contributed by atoms with van der Waals surface area (Å²) in [7, 11) is 1.28. The number of aromatic amines is 1. The molecule has 1 heterocycles. The van der Waals surface area contributed by atoms with Crippen molar-refractivity contribution < 1.29 is 19.1 Å². The first-order valence-corrected chi connectivity index (χ1v) is 7.55. The summed E-state index contributed by atoms with van der Waals surface area (Å²) in [5, 5.41) is 0. The Hall–Kier alpha value is -2.69. The summed E-state index contributed by atoms with van der Waals surface area (Å²) < 4.78 is 4.78. The molecule has 4 rings (SSSR count). The highest BCUT2D eigenvalue weighted by atomic mass is 16.5. The fraction of sp³-hybridized carbons (Fsp3) is 0.278. The molecule has 1 aromatic carbocycles. The summed E-state index contributed by atoms with van der Waals surface area (Å²) >= 11 is 0. The van der Waals surface area contributed by atoms with E-state index < -0.39 is 11.9 Å². The second-order valence-electron chi connectivity index (χ2n) is 6.15. The van der Waals surface area contributed by atoms with E-state index in [0.717, 1.165) is 11.3 Å². The molecule has 1 N–H and O–H groups in total. The van der Waals surface area contributed by atoms with Gasteiger partial charge in [0.15, 0.2) is 11.6 Å². The van der Waals surface area contributed by atoms with Crippen LogP contribution in [0.3, 0.4) is 0 Å². The van der Waals surface area contributed by atoms with E-state index >= 15 is 0 Å². The smallest absolute Gasteiger partial charge is 0.316 e. The maximum absolute atomic E-state index is 12.9. The average Bonchev–Trinajstić information content (AvgIpc) is 3.04. The molecule has 0 aliphatic heterocycles. The first kappa shape index (κ1) is 13.9. The van der Waals surface area contributed by atoms with E-state index in [1.807, 2.05) is 19.1 Å². The molecule has 0 saturated heterocycles. The third-order valence-electron chi connectivity index (χ3n) is 4.82. The van der Waals surface area contributed by atoms with Gasteiger partial charge in [0.2, 0.25) is 0 Å². The Morgan fingerprint density at radius 3 is 2.57 bits per heavy atom. The number of hydrogen-bond acceptors (Lipinski definition) is 4. The van der Waals surface area contributed by atoms with Crippen LogP contribution in [-0.4, -0.2) is 29.6 Å². The molecular formula is C18H15NO4. The number of carbonyl (C=O) groups is 3. The van der Waals surface area contributed by atoms with Gasteiger partial charge in [-0.05, 0) is 12.3 Å². The highest BCUT2D eigenvalue weighted by molar-refractivity contribution is 6.27. The molecule has 0 radical (unpaired) electrons. The number of carbonyl (C=O) groups excluding carboxylic acids is 3. The zero-order valence-electron chi connectivity index (χ0n) is 12.8. The molecule has 2 aliphatic carbocycles. The fourth-order valence-corrected chi connectivity index (χ4v) is 3.76. The van der Waals surface area contributed by atoms with Gasteiger partial charge in [-0.1, -0.05) is 31.2 Å². The van der Waals surface area contributed by atoms with E-state index in [9.17, 15) is 14.4 Å². The van der Waals surface area contributed by atoms with Crippen LogP contribution in [0.5, 0.6) is 0 Å². The lowest BCUT2D eigenvalue weighted by molar-refractivity contribution is -0.145. The first-order chi connectivity index (χ1) is 11.0. The molecule has 0 bridgehead atoms. The van der Waals surface area contributed by atoms with E-state index in [1.165, 1.54) is 7.11 Å². The molecule has 2 aliphatic rings. The van der Waals surface area contributed by atoms with Crippen molar-refractivity contribution in [2.24, 2.45) is 11.8 Å². The Bertz CT molecular complexity index is 877. The van der Waals surface area contributed by atoms with Gasteiger partial charge in [0.25, 0.3) is 0 Å². The summed E-state index contributed by atoms with van der Waals surface area (Å²) in [6.07, 6.45) is 0.545. The number of esters is 1. The normalized spacial score (nSPS) is 21.7.